The standard InChI is InChI=1S/C14H17N3O/c1-2-18-13-9-11-16-14(17-13)15-10-8-12-6-4-3-5-7-12/h3-7,9,11H,2,8,10H2,1H3,(H,15,16,17). The van der Waals surface area contributed by atoms with Crippen LogP contribution >= 0.6 is 0 Å². The topological polar surface area (TPSA) is 47.0 Å². The van der Waals surface area contributed by atoms with Gasteiger partial charge in [-0.1, -0.05) is 30.3 Å². The number of hydrogen-bond donors (Lipinski definition) is 1. The second kappa shape index (κ2) is 6.59. The van der Waals surface area contributed by atoms with Crippen LogP contribution in [0.1, 0.15) is 12.5 Å². The minimum atomic E-state index is 0.606. The molecule has 0 unspecified atom stereocenters. The van der Waals surface area contributed by atoms with Crippen LogP contribution in [0.4, 0.5) is 5.95 Å². The predicted molar refractivity (Wildman–Crippen MR) is 71.8 cm³/mol. The van der Waals surface area contributed by atoms with Gasteiger partial charge < -0.3 is 10.1 Å². The number of anilines is 1. The van der Waals surface area contributed by atoms with Gasteiger partial charge in [0.25, 0.3) is 0 Å². The van der Waals surface area contributed by atoms with E-state index in [4.69, 9.17) is 4.74 Å². The monoisotopic (exact) mass is 243 g/mol. The summed E-state index contributed by atoms with van der Waals surface area (Å²) in [6.45, 7) is 3.35. The summed E-state index contributed by atoms with van der Waals surface area (Å²) in [5, 5.41) is 3.19. The number of benzene rings is 1. The van der Waals surface area contributed by atoms with Crippen LogP contribution in [0.2, 0.25) is 0 Å². The lowest BCUT2D eigenvalue weighted by Gasteiger charge is -2.06. The summed E-state index contributed by atoms with van der Waals surface area (Å²) in [6.07, 6.45) is 2.64. The van der Waals surface area contributed by atoms with Crippen molar-refractivity contribution in [1.29, 1.82) is 0 Å². The molecule has 4 nitrogen and oxygen atoms in total. The molecule has 0 aliphatic heterocycles. The van der Waals surface area contributed by atoms with E-state index in [1.165, 1.54) is 5.56 Å². The Hall–Kier alpha value is -2.10. The van der Waals surface area contributed by atoms with Crippen LogP contribution in [0.25, 0.3) is 0 Å². The summed E-state index contributed by atoms with van der Waals surface area (Å²) in [4.78, 5) is 8.40. The van der Waals surface area contributed by atoms with Gasteiger partial charge in [0.15, 0.2) is 0 Å². The molecule has 1 aromatic carbocycles. The average molecular weight is 243 g/mol. The zero-order valence-corrected chi connectivity index (χ0v) is 10.5. The molecule has 1 aromatic heterocycles. The number of hydrogen-bond acceptors (Lipinski definition) is 4. The van der Waals surface area contributed by atoms with E-state index in [0.29, 0.717) is 18.4 Å². The maximum atomic E-state index is 5.32. The van der Waals surface area contributed by atoms with Gasteiger partial charge in [-0.2, -0.15) is 4.98 Å². The van der Waals surface area contributed by atoms with Crippen molar-refractivity contribution in [3.05, 3.63) is 48.2 Å². The minimum Gasteiger partial charge on any atom is -0.478 e. The number of nitrogens with zero attached hydrogens (tertiary/aromatic N) is 2. The zero-order valence-electron chi connectivity index (χ0n) is 10.5. The van der Waals surface area contributed by atoms with Gasteiger partial charge in [0, 0.05) is 18.8 Å². The van der Waals surface area contributed by atoms with Gasteiger partial charge in [0.2, 0.25) is 11.8 Å². The molecule has 0 bridgehead atoms. The number of rotatable bonds is 6. The quantitative estimate of drug-likeness (QED) is 0.847. The van der Waals surface area contributed by atoms with E-state index in [-0.39, 0.29) is 0 Å². The van der Waals surface area contributed by atoms with Crippen LogP contribution in [0.3, 0.4) is 0 Å². The lowest BCUT2D eigenvalue weighted by atomic mass is 10.1. The third-order valence-corrected chi connectivity index (χ3v) is 2.46. The fourth-order valence-electron chi connectivity index (χ4n) is 1.62. The molecule has 0 saturated carbocycles. The Bertz CT molecular complexity index is 473. The van der Waals surface area contributed by atoms with Crippen LogP contribution in [0.5, 0.6) is 5.88 Å². The van der Waals surface area contributed by atoms with Crippen molar-refractivity contribution in [2.45, 2.75) is 13.3 Å². The third kappa shape index (κ3) is 3.73. The highest BCUT2D eigenvalue weighted by Gasteiger charge is 1.99. The fourth-order valence-corrected chi connectivity index (χ4v) is 1.62. The maximum Gasteiger partial charge on any atom is 0.225 e. The van der Waals surface area contributed by atoms with E-state index in [1.54, 1.807) is 12.3 Å². The van der Waals surface area contributed by atoms with Gasteiger partial charge in [-0.3, -0.25) is 0 Å². The van der Waals surface area contributed by atoms with Gasteiger partial charge >= 0.3 is 0 Å². The SMILES string of the molecule is CCOc1ccnc(NCCc2ccccc2)n1. The van der Waals surface area contributed by atoms with Crippen molar-refractivity contribution in [2.24, 2.45) is 0 Å². The third-order valence-electron chi connectivity index (χ3n) is 2.46. The summed E-state index contributed by atoms with van der Waals surface area (Å²) < 4.78 is 5.32. The number of aromatic nitrogens is 2. The maximum absolute atomic E-state index is 5.32. The van der Waals surface area contributed by atoms with Gasteiger partial charge in [0.05, 0.1) is 6.61 Å². The second-order valence-corrected chi connectivity index (χ2v) is 3.81. The highest BCUT2D eigenvalue weighted by Crippen LogP contribution is 2.08. The molecule has 4 heteroatoms. The summed E-state index contributed by atoms with van der Waals surface area (Å²) in [5.41, 5.74) is 1.30. The fraction of sp³-hybridized carbons (Fsp3) is 0.286. The van der Waals surface area contributed by atoms with Gasteiger partial charge in [0.1, 0.15) is 0 Å². The predicted octanol–water partition coefficient (Wildman–Crippen LogP) is 2.53. The summed E-state index contributed by atoms with van der Waals surface area (Å²) in [5.74, 6) is 1.21. The normalized spacial score (nSPS) is 10.1. The molecular weight excluding hydrogens is 226 g/mol. The molecule has 0 saturated heterocycles. The Labute approximate surface area is 107 Å². The van der Waals surface area contributed by atoms with Crippen molar-refractivity contribution < 1.29 is 4.74 Å². The van der Waals surface area contributed by atoms with Gasteiger partial charge in [-0.15, -0.1) is 0 Å². The summed E-state index contributed by atoms with van der Waals surface area (Å²) >= 11 is 0. The Kier molecular flexibility index (Phi) is 4.53. The molecule has 0 atom stereocenters. The molecular formula is C14H17N3O. The Morgan fingerprint density at radius 1 is 1.17 bits per heavy atom. The molecule has 2 rings (SSSR count). The average Bonchev–Trinajstić information content (AvgIpc) is 2.41. The first kappa shape index (κ1) is 12.4. The van der Waals surface area contributed by atoms with Gasteiger partial charge in [-0.05, 0) is 18.9 Å². The van der Waals surface area contributed by atoms with Crippen LogP contribution in [0, 0.1) is 0 Å². The Morgan fingerprint density at radius 3 is 2.78 bits per heavy atom. The Morgan fingerprint density at radius 2 is 2.00 bits per heavy atom. The summed E-state index contributed by atoms with van der Waals surface area (Å²) in [6, 6.07) is 12.1. The lowest BCUT2D eigenvalue weighted by Crippen LogP contribution is -2.08. The molecule has 0 amide bonds. The number of ether oxygens (including phenoxy) is 1. The molecule has 94 valence electrons. The first-order chi connectivity index (χ1) is 8.88. The van der Waals surface area contributed by atoms with Gasteiger partial charge in [-0.25, -0.2) is 4.98 Å². The Balaban J connectivity index is 1.84. The van der Waals surface area contributed by atoms with E-state index < -0.39 is 0 Å². The molecule has 18 heavy (non-hydrogen) atoms. The zero-order chi connectivity index (χ0) is 12.6. The number of nitrogens with one attached hydrogen (secondary N) is 1. The smallest absolute Gasteiger partial charge is 0.225 e. The van der Waals surface area contributed by atoms with E-state index >= 15 is 0 Å². The minimum absolute atomic E-state index is 0.606. The van der Waals surface area contributed by atoms with Crippen molar-refractivity contribution >= 4 is 5.95 Å². The van der Waals surface area contributed by atoms with Crippen LogP contribution in [0.15, 0.2) is 42.6 Å². The van der Waals surface area contributed by atoms with Crippen molar-refractivity contribution in [3.8, 4) is 5.88 Å². The highest BCUT2D eigenvalue weighted by atomic mass is 16.5. The highest BCUT2D eigenvalue weighted by molar-refractivity contribution is 5.28. The van der Waals surface area contributed by atoms with Crippen molar-refractivity contribution in [1.82, 2.24) is 9.97 Å². The van der Waals surface area contributed by atoms with E-state index in [1.807, 2.05) is 25.1 Å². The van der Waals surface area contributed by atoms with Crippen LogP contribution in [-0.4, -0.2) is 23.1 Å². The van der Waals surface area contributed by atoms with Crippen molar-refractivity contribution in [2.75, 3.05) is 18.5 Å². The first-order valence-electron chi connectivity index (χ1n) is 6.12. The largest absolute Gasteiger partial charge is 0.478 e. The molecule has 0 spiro atoms. The molecule has 2 aromatic rings. The summed E-state index contributed by atoms with van der Waals surface area (Å²) in [7, 11) is 0. The van der Waals surface area contributed by atoms with Crippen LogP contribution < -0.4 is 10.1 Å². The lowest BCUT2D eigenvalue weighted by molar-refractivity contribution is 0.326. The first-order valence-corrected chi connectivity index (χ1v) is 6.12. The van der Waals surface area contributed by atoms with Crippen molar-refractivity contribution in [3.63, 3.8) is 0 Å². The van der Waals surface area contributed by atoms with E-state index in [9.17, 15) is 0 Å². The molecule has 0 fully saturated rings. The molecule has 0 radical (unpaired) electrons. The van der Waals surface area contributed by atoms with E-state index in [0.717, 1.165) is 13.0 Å². The van der Waals surface area contributed by atoms with E-state index in [2.05, 4.69) is 27.4 Å². The second-order valence-electron chi connectivity index (χ2n) is 3.81. The van der Waals surface area contributed by atoms with Crippen LogP contribution in [-0.2, 0) is 6.42 Å². The molecule has 0 aliphatic carbocycles. The molecule has 1 N–H and O–H groups in total. The molecule has 0 aliphatic rings. The molecule has 1 heterocycles.